The van der Waals surface area contributed by atoms with Gasteiger partial charge in [-0.1, -0.05) is 24.3 Å². The Kier molecular flexibility index (Phi) is 12.3. The SMILES string of the molecule is CCOC(=O)COCCOCCN1CCN(CCCc2cc(N3C4CCC3CN(c3cc(-c5ccccc5C)nnc3N)C4)ccn2)CC1. The van der Waals surface area contributed by atoms with Gasteiger partial charge in [-0.15, -0.1) is 10.2 Å². The molecule has 3 aliphatic heterocycles. The number of carbonyl (C=O) groups is 1. The maximum atomic E-state index is 11.3. The highest BCUT2D eigenvalue weighted by molar-refractivity contribution is 5.73. The van der Waals surface area contributed by atoms with E-state index in [4.69, 9.17) is 24.9 Å². The number of esters is 1. The second-order valence-corrected chi connectivity index (χ2v) is 13.3. The summed E-state index contributed by atoms with van der Waals surface area (Å²) in [5.74, 6) is 0.167. The summed E-state index contributed by atoms with van der Waals surface area (Å²) in [6, 6.07) is 15.8. The van der Waals surface area contributed by atoms with Gasteiger partial charge in [-0.05, 0) is 69.8 Å². The number of aryl methyl sites for hydroxylation is 2. The zero-order valence-electron chi connectivity index (χ0n) is 29.1. The summed E-state index contributed by atoms with van der Waals surface area (Å²) in [5, 5.41) is 8.80. The molecule has 12 heteroatoms. The fraction of sp³-hybridized carbons (Fsp3) is 0.568. The Balaban J connectivity index is 0.924. The van der Waals surface area contributed by atoms with E-state index in [-0.39, 0.29) is 12.6 Å². The van der Waals surface area contributed by atoms with Crippen molar-refractivity contribution in [3.63, 3.8) is 0 Å². The quantitative estimate of drug-likeness (QED) is 0.177. The van der Waals surface area contributed by atoms with Crippen molar-refractivity contribution in [3.8, 4) is 11.3 Å². The number of aromatic nitrogens is 3. The largest absolute Gasteiger partial charge is 0.464 e. The first-order chi connectivity index (χ1) is 24.0. The smallest absolute Gasteiger partial charge is 0.332 e. The number of pyridine rings is 1. The molecule has 0 spiro atoms. The molecule has 49 heavy (non-hydrogen) atoms. The summed E-state index contributed by atoms with van der Waals surface area (Å²) >= 11 is 0. The predicted molar refractivity (Wildman–Crippen MR) is 192 cm³/mol. The molecule has 264 valence electrons. The molecule has 5 heterocycles. The number of hydrogen-bond donors (Lipinski definition) is 1. The van der Waals surface area contributed by atoms with Crippen molar-refractivity contribution in [2.45, 2.75) is 51.6 Å². The Labute approximate surface area is 290 Å². The van der Waals surface area contributed by atoms with Crippen LogP contribution in [0, 0.1) is 6.92 Å². The van der Waals surface area contributed by atoms with Gasteiger partial charge in [0.2, 0.25) is 0 Å². The van der Waals surface area contributed by atoms with E-state index < -0.39 is 0 Å². The van der Waals surface area contributed by atoms with Crippen LogP contribution in [-0.2, 0) is 25.4 Å². The zero-order valence-corrected chi connectivity index (χ0v) is 29.1. The number of carbonyl (C=O) groups excluding carboxylic acids is 1. The third-order valence-electron chi connectivity index (χ3n) is 9.96. The molecule has 0 aliphatic carbocycles. The monoisotopic (exact) mass is 672 g/mol. The molecule has 2 aromatic heterocycles. The highest BCUT2D eigenvalue weighted by Gasteiger charge is 2.40. The molecule has 2 unspecified atom stereocenters. The number of fused-ring (bicyclic) bond motifs is 2. The molecule has 0 radical (unpaired) electrons. The van der Waals surface area contributed by atoms with Crippen molar-refractivity contribution in [2.24, 2.45) is 0 Å². The van der Waals surface area contributed by atoms with Crippen molar-refractivity contribution >= 4 is 23.2 Å². The van der Waals surface area contributed by atoms with Crippen LogP contribution in [0.4, 0.5) is 17.2 Å². The molecular weight excluding hydrogens is 620 g/mol. The molecule has 6 rings (SSSR count). The molecular formula is C37H52N8O4. The van der Waals surface area contributed by atoms with Crippen LogP contribution in [0.1, 0.15) is 37.4 Å². The summed E-state index contributed by atoms with van der Waals surface area (Å²) in [4.78, 5) is 26.1. The average Bonchev–Trinajstić information content (AvgIpc) is 3.38. The molecule has 1 aromatic carbocycles. The van der Waals surface area contributed by atoms with Gasteiger partial charge in [-0.2, -0.15) is 0 Å². The van der Waals surface area contributed by atoms with Gasteiger partial charge in [0, 0.05) is 81.0 Å². The van der Waals surface area contributed by atoms with Crippen molar-refractivity contribution < 1.29 is 19.0 Å². The first-order valence-electron chi connectivity index (χ1n) is 17.9. The van der Waals surface area contributed by atoms with E-state index in [1.165, 1.54) is 29.8 Å². The van der Waals surface area contributed by atoms with E-state index in [0.717, 1.165) is 82.1 Å². The minimum absolute atomic E-state index is 0.0163. The van der Waals surface area contributed by atoms with E-state index in [2.05, 4.69) is 67.1 Å². The Morgan fingerprint density at radius 2 is 1.65 bits per heavy atom. The number of hydrogen-bond acceptors (Lipinski definition) is 12. The van der Waals surface area contributed by atoms with Gasteiger partial charge in [0.15, 0.2) is 5.82 Å². The number of nitrogen functional groups attached to an aromatic ring is 1. The lowest BCUT2D eigenvalue weighted by Gasteiger charge is -2.43. The number of rotatable bonds is 16. The number of anilines is 3. The van der Waals surface area contributed by atoms with Crippen LogP contribution >= 0.6 is 0 Å². The van der Waals surface area contributed by atoms with Crippen molar-refractivity contribution in [1.82, 2.24) is 25.0 Å². The Morgan fingerprint density at radius 3 is 2.41 bits per heavy atom. The molecule has 2 N–H and O–H groups in total. The Morgan fingerprint density at radius 1 is 0.918 bits per heavy atom. The van der Waals surface area contributed by atoms with Gasteiger partial charge in [-0.3, -0.25) is 9.88 Å². The normalized spacial score (nSPS) is 19.8. The topological polar surface area (TPSA) is 122 Å². The van der Waals surface area contributed by atoms with E-state index in [1.807, 2.05) is 18.3 Å². The minimum atomic E-state index is -0.332. The van der Waals surface area contributed by atoms with Crippen molar-refractivity contribution in [2.75, 3.05) is 101 Å². The van der Waals surface area contributed by atoms with Crippen molar-refractivity contribution in [1.29, 1.82) is 0 Å². The molecule has 0 saturated carbocycles. The van der Waals surface area contributed by atoms with Crippen LogP contribution in [0.15, 0.2) is 48.7 Å². The highest BCUT2D eigenvalue weighted by atomic mass is 16.6. The predicted octanol–water partition coefficient (Wildman–Crippen LogP) is 3.43. The summed E-state index contributed by atoms with van der Waals surface area (Å²) in [6.45, 7) is 13.9. The number of nitrogens with zero attached hydrogens (tertiary/aromatic N) is 7. The van der Waals surface area contributed by atoms with E-state index in [1.54, 1.807) is 6.92 Å². The van der Waals surface area contributed by atoms with Gasteiger partial charge in [-0.25, -0.2) is 4.79 Å². The third-order valence-corrected chi connectivity index (χ3v) is 9.96. The van der Waals surface area contributed by atoms with Crippen LogP contribution in [0.3, 0.4) is 0 Å². The number of benzene rings is 1. The molecule has 2 bridgehead atoms. The summed E-state index contributed by atoms with van der Waals surface area (Å²) in [7, 11) is 0. The van der Waals surface area contributed by atoms with E-state index in [0.29, 0.717) is 44.3 Å². The second-order valence-electron chi connectivity index (χ2n) is 13.3. The maximum Gasteiger partial charge on any atom is 0.332 e. The van der Waals surface area contributed by atoms with Gasteiger partial charge < -0.3 is 34.6 Å². The van der Waals surface area contributed by atoms with Crippen LogP contribution in [0.2, 0.25) is 0 Å². The van der Waals surface area contributed by atoms with Crippen LogP contribution in [0.5, 0.6) is 0 Å². The minimum Gasteiger partial charge on any atom is -0.464 e. The standard InChI is InChI=1S/C37H52N8O4/c1-3-49-36(46)27-48-22-21-47-20-19-43-17-15-42(16-18-43)14-6-8-29-23-30(12-13-39-29)45-31-10-11-32(45)26-44(25-31)35-24-34(40-41-37(35)38)33-9-5-4-7-28(33)2/h4-5,7,9,12-13,23-24,31-32H,3,6,8,10-11,14-22,25-27H2,1-2H3,(H2,38,41). The highest BCUT2D eigenvalue weighted by Crippen LogP contribution is 2.38. The van der Waals surface area contributed by atoms with Gasteiger partial charge in [0.05, 0.1) is 37.8 Å². The Bertz CT molecular complexity index is 1500. The van der Waals surface area contributed by atoms with Crippen LogP contribution in [0.25, 0.3) is 11.3 Å². The second kappa shape index (κ2) is 17.2. The fourth-order valence-electron chi connectivity index (χ4n) is 7.41. The summed E-state index contributed by atoms with van der Waals surface area (Å²) < 4.78 is 15.8. The molecule has 0 amide bonds. The number of piperazine rings is 2. The fourth-order valence-corrected chi connectivity index (χ4v) is 7.41. The lowest BCUT2D eigenvalue weighted by atomic mass is 10.0. The maximum absolute atomic E-state index is 11.3. The molecule has 12 nitrogen and oxygen atoms in total. The summed E-state index contributed by atoms with van der Waals surface area (Å²) in [6.07, 6.45) is 6.42. The Hall–Kier alpha value is -3.84. The molecule has 3 fully saturated rings. The zero-order chi connectivity index (χ0) is 34.0. The van der Waals surface area contributed by atoms with Crippen LogP contribution in [-0.4, -0.2) is 128 Å². The van der Waals surface area contributed by atoms with Crippen LogP contribution < -0.4 is 15.5 Å². The van der Waals surface area contributed by atoms with Gasteiger partial charge in [0.1, 0.15) is 6.61 Å². The first kappa shape index (κ1) is 35.0. The summed E-state index contributed by atoms with van der Waals surface area (Å²) in [5.41, 5.74) is 13.0. The number of ether oxygens (including phenoxy) is 3. The third kappa shape index (κ3) is 9.24. The van der Waals surface area contributed by atoms with E-state index in [9.17, 15) is 4.79 Å². The molecule has 3 aliphatic rings. The number of nitrogens with two attached hydrogens (primary N) is 1. The lowest BCUT2D eigenvalue weighted by Crippen LogP contribution is -2.54. The molecule has 2 atom stereocenters. The average molecular weight is 673 g/mol. The first-order valence-corrected chi connectivity index (χ1v) is 17.9. The van der Waals surface area contributed by atoms with Crippen molar-refractivity contribution in [3.05, 3.63) is 59.9 Å². The van der Waals surface area contributed by atoms with Gasteiger partial charge >= 0.3 is 5.97 Å². The lowest BCUT2D eigenvalue weighted by molar-refractivity contribution is -0.148. The van der Waals surface area contributed by atoms with Gasteiger partial charge in [0.25, 0.3) is 0 Å². The molecule has 3 aromatic rings. The van der Waals surface area contributed by atoms with E-state index >= 15 is 0 Å². The molecule has 3 saturated heterocycles.